The molecule has 0 atom stereocenters. The highest BCUT2D eigenvalue weighted by Gasteiger charge is 2.29. The first-order valence-electron chi connectivity index (χ1n) is 8.43. The Morgan fingerprint density at radius 3 is 2.33 bits per heavy atom. The summed E-state index contributed by atoms with van der Waals surface area (Å²) in [6, 6.07) is 11.2. The number of carbonyl (C=O) groups is 2. The molecule has 0 saturated heterocycles. The molecule has 5 nitrogen and oxygen atoms in total. The summed E-state index contributed by atoms with van der Waals surface area (Å²) >= 11 is 0. The maximum atomic E-state index is 12.5. The molecule has 2 aromatic carbocycles. The van der Waals surface area contributed by atoms with Crippen molar-refractivity contribution in [2.45, 2.75) is 25.1 Å². The Bertz CT molecular complexity index is 831. The third-order valence-electron chi connectivity index (χ3n) is 3.99. The summed E-state index contributed by atoms with van der Waals surface area (Å²) in [5.41, 5.74) is 0.572. The number of amides is 2. The van der Waals surface area contributed by atoms with E-state index < -0.39 is 11.7 Å². The molecular weight excluding hydrogens is 359 g/mol. The first-order valence-corrected chi connectivity index (χ1v) is 8.43. The number of halogens is 3. The number of hydrogen-bond donors (Lipinski definition) is 3. The SMILES string of the molecule is O=C(CNc1ccc(C(F)(F)F)cc1)Nc1cccc(C(=O)NC2CC2)c1. The van der Waals surface area contributed by atoms with E-state index in [9.17, 15) is 22.8 Å². The molecule has 8 heteroatoms. The quantitative estimate of drug-likeness (QED) is 0.720. The van der Waals surface area contributed by atoms with Gasteiger partial charge in [-0.05, 0) is 55.3 Å². The van der Waals surface area contributed by atoms with E-state index in [-0.39, 0.29) is 24.4 Å². The van der Waals surface area contributed by atoms with Gasteiger partial charge in [0.2, 0.25) is 5.91 Å². The predicted octanol–water partition coefficient (Wildman–Crippen LogP) is 3.65. The van der Waals surface area contributed by atoms with Gasteiger partial charge in [0.1, 0.15) is 0 Å². The second-order valence-electron chi connectivity index (χ2n) is 6.31. The second kappa shape index (κ2) is 7.69. The van der Waals surface area contributed by atoms with E-state index in [1.807, 2.05) is 0 Å². The highest BCUT2D eigenvalue weighted by Crippen LogP contribution is 2.29. The maximum absolute atomic E-state index is 12.5. The molecule has 0 aromatic heterocycles. The van der Waals surface area contributed by atoms with Crippen LogP contribution in [0, 0.1) is 0 Å². The molecule has 2 amide bonds. The third-order valence-corrected chi connectivity index (χ3v) is 3.99. The fraction of sp³-hybridized carbons (Fsp3) is 0.263. The number of alkyl halides is 3. The van der Waals surface area contributed by atoms with Gasteiger partial charge in [0, 0.05) is 23.0 Å². The summed E-state index contributed by atoms with van der Waals surface area (Å²) in [4.78, 5) is 24.1. The van der Waals surface area contributed by atoms with E-state index >= 15 is 0 Å². The third kappa shape index (κ3) is 5.47. The van der Waals surface area contributed by atoms with Crippen molar-refractivity contribution in [3.05, 3.63) is 59.7 Å². The maximum Gasteiger partial charge on any atom is 0.416 e. The van der Waals surface area contributed by atoms with E-state index in [0.717, 1.165) is 25.0 Å². The molecule has 3 N–H and O–H groups in total. The van der Waals surface area contributed by atoms with Crippen LogP contribution >= 0.6 is 0 Å². The smallest absolute Gasteiger partial charge is 0.376 e. The molecule has 0 radical (unpaired) electrons. The van der Waals surface area contributed by atoms with Crippen LogP contribution in [-0.4, -0.2) is 24.4 Å². The Balaban J connectivity index is 1.52. The van der Waals surface area contributed by atoms with Crippen molar-refractivity contribution in [3.63, 3.8) is 0 Å². The summed E-state index contributed by atoms with van der Waals surface area (Å²) < 4.78 is 37.6. The molecule has 0 bridgehead atoms. The van der Waals surface area contributed by atoms with E-state index in [1.165, 1.54) is 12.1 Å². The summed E-state index contributed by atoms with van der Waals surface area (Å²) in [5, 5.41) is 8.28. The van der Waals surface area contributed by atoms with Gasteiger partial charge in [-0.3, -0.25) is 9.59 Å². The van der Waals surface area contributed by atoms with Crippen LogP contribution in [0.25, 0.3) is 0 Å². The van der Waals surface area contributed by atoms with Gasteiger partial charge in [-0.2, -0.15) is 13.2 Å². The fourth-order valence-corrected chi connectivity index (χ4v) is 2.40. The van der Waals surface area contributed by atoms with Crippen molar-refractivity contribution in [2.24, 2.45) is 0 Å². The molecule has 2 aromatic rings. The average Bonchev–Trinajstić information content (AvgIpc) is 3.44. The fourth-order valence-electron chi connectivity index (χ4n) is 2.40. The van der Waals surface area contributed by atoms with Gasteiger partial charge < -0.3 is 16.0 Å². The van der Waals surface area contributed by atoms with Crippen LogP contribution in [0.5, 0.6) is 0 Å². The first-order chi connectivity index (χ1) is 12.8. The van der Waals surface area contributed by atoms with Crippen molar-refractivity contribution < 1.29 is 22.8 Å². The van der Waals surface area contributed by atoms with Crippen LogP contribution in [-0.2, 0) is 11.0 Å². The Labute approximate surface area is 154 Å². The number of anilines is 2. The lowest BCUT2D eigenvalue weighted by Gasteiger charge is -2.11. The summed E-state index contributed by atoms with van der Waals surface area (Å²) in [6.07, 6.45) is -2.43. The molecule has 27 heavy (non-hydrogen) atoms. The second-order valence-corrected chi connectivity index (χ2v) is 6.31. The molecule has 1 aliphatic rings. The molecule has 0 spiro atoms. The van der Waals surface area contributed by atoms with Crippen molar-refractivity contribution in [1.82, 2.24) is 5.32 Å². The number of carbonyl (C=O) groups excluding carboxylic acids is 2. The van der Waals surface area contributed by atoms with Gasteiger partial charge in [-0.1, -0.05) is 6.07 Å². The standard InChI is InChI=1S/C19H18F3N3O2/c20-19(21,22)13-4-6-14(7-5-13)23-11-17(26)24-16-3-1-2-12(10-16)18(27)25-15-8-9-15/h1-7,10,15,23H,8-9,11H2,(H,24,26)(H,25,27). The van der Waals surface area contributed by atoms with Gasteiger partial charge in [0.05, 0.1) is 12.1 Å². The molecule has 1 saturated carbocycles. The zero-order chi connectivity index (χ0) is 19.4. The molecule has 1 aliphatic carbocycles. The Morgan fingerprint density at radius 1 is 1.00 bits per heavy atom. The first kappa shape index (κ1) is 18.8. The van der Waals surface area contributed by atoms with Crippen LogP contribution < -0.4 is 16.0 Å². The summed E-state index contributed by atoms with van der Waals surface area (Å²) in [7, 11) is 0. The monoisotopic (exact) mass is 377 g/mol. The Kier molecular flexibility index (Phi) is 5.34. The Hall–Kier alpha value is -3.03. The van der Waals surface area contributed by atoms with Gasteiger partial charge in [0.25, 0.3) is 5.91 Å². The van der Waals surface area contributed by atoms with Crippen molar-refractivity contribution >= 4 is 23.2 Å². The lowest BCUT2D eigenvalue weighted by molar-refractivity contribution is -0.137. The van der Waals surface area contributed by atoms with Gasteiger partial charge in [-0.25, -0.2) is 0 Å². The Morgan fingerprint density at radius 2 is 1.70 bits per heavy atom. The van der Waals surface area contributed by atoms with E-state index in [1.54, 1.807) is 24.3 Å². The van der Waals surface area contributed by atoms with Gasteiger partial charge in [-0.15, -0.1) is 0 Å². The minimum atomic E-state index is -4.40. The molecule has 142 valence electrons. The highest BCUT2D eigenvalue weighted by molar-refractivity contribution is 5.98. The number of hydrogen-bond acceptors (Lipinski definition) is 3. The molecule has 3 rings (SSSR count). The molecule has 0 unspecified atom stereocenters. The minimum Gasteiger partial charge on any atom is -0.376 e. The van der Waals surface area contributed by atoms with Crippen LogP contribution in [0.15, 0.2) is 48.5 Å². The molecule has 1 fully saturated rings. The van der Waals surface area contributed by atoms with Crippen LogP contribution in [0.2, 0.25) is 0 Å². The van der Waals surface area contributed by atoms with Crippen LogP contribution in [0.4, 0.5) is 24.5 Å². The topological polar surface area (TPSA) is 70.2 Å². The van der Waals surface area contributed by atoms with E-state index in [0.29, 0.717) is 16.9 Å². The number of rotatable bonds is 6. The van der Waals surface area contributed by atoms with Gasteiger partial charge in [0.15, 0.2) is 0 Å². The lowest BCUT2D eigenvalue weighted by atomic mass is 10.2. The summed E-state index contributed by atoms with van der Waals surface area (Å²) in [5.74, 6) is -0.564. The van der Waals surface area contributed by atoms with Gasteiger partial charge >= 0.3 is 6.18 Å². The highest BCUT2D eigenvalue weighted by atomic mass is 19.4. The molecule has 0 aliphatic heterocycles. The summed E-state index contributed by atoms with van der Waals surface area (Å²) in [6.45, 7) is -0.121. The van der Waals surface area contributed by atoms with E-state index in [4.69, 9.17) is 0 Å². The van der Waals surface area contributed by atoms with Crippen LogP contribution in [0.1, 0.15) is 28.8 Å². The van der Waals surface area contributed by atoms with Crippen LogP contribution in [0.3, 0.4) is 0 Å². The number of benzene rings is 2. The van der Waals surface area contributed by atoms with Crippen molar-refractivity contribution in [2.75, 3.05) is 17.2 Å². The predicted molar refractivity (Wildman–Crippen MR) is 95.5 cm³/mol. The van der Waals surface area contributed by atoms with Crippen molar-refractivity contribution in [1.29, 1.82) is 0 Å². The minimum absolute atomic E-state index is 0.121. The largest absolute Gasteiger partial charge is 0.416 e. The van der Waals surface area contributed by atoms with Crippen molar-refractivity contribution in [3.8, 4) is 0 Å². The normalized spacial score (nSPS) is 13.7. The number of nitrogens with one attached hydrogen (secondary N) is 3. The molecular formula is C19H18F3N3O2. The average molecular weight is 377 g/mol. The lowest BCUT2D eigenvalue weighted by Crippen LogP contribution is -2.26. The zero-order valence-corrected chi connectivity index (χ0v) is 14.3. The molecule has 0 heterocycles. The van der Waals surface area contributed by atoms with E-state index in [2.05, 4.69) is 16.0 Å². The zero-order valence-electron chi connectivity index (χ0n) is 14.3.